The minimum atomic E-state index is -1.09. The molecule has 56 valence electrons. The number of nitrogens with two attached hydrogens (primary N) is 1. The van der Waals surface area contributed by atoms with Crippen LogP contribution in [-0.2, 0) is 4.74 Å². The smallest absolute Gasteiger partial charge is 0.210 e. The first-order valence-electron chi connectivity index (χ1n) is 2.82. The minimum Gasteiger partial charge on any atom is -0.356 e. The Hall–Kier alpha value is 0.827. The lowest BCUT2D eigenvalue weighted by molar-refractivity contribution is -0.0889. The summed E-state index contributed by atoms with van der Waals surface area (Å²) in [4.78, 5) is 0. The van der Waals surface area contributed by atoms with Crippen molar-refractivity contribution in [1.29, 1.82) is 0 Å². The first-order chi connectivity index (χ1) is 4.13. The normalized spacial score (nSPS) is 17.3. The van der Waals surface area contributed by atoms with E-state index >= 15 is 0 Å². The third kappa shape index (κ3) is 8.83. The van der Waals surface area contributed by atoms with Gasteiger partial charge in [-0.25, -0.2) is 0 Å². The lowest BCUT2D eigenvalue weighted by Crippen LogP contribution is -2.23. The van der Waals surface area contributed by atoms with Crippen molar-refractivity contribution in [3.63, 3.8) is 0 Å². The third-order valence-corrected chi connectivity index (χ3v) is 3.70. The SMILES string of the molecule is C[SiH](I)CCOC(N)O. The molecule has 0 aromatic heterocycles. The van der Waals surface area contributed by atoms with Gasteiger partial charge in [-0.1, -0.05) is 6.55 Å². The van der Waals surface area contributed by atoms with Crippen LogP contribution in [0.4, 0.5) is 0 Å². The Kier molecular flexibility index (Phi) is 6.11. The molecule has 0 saturated carbocycles. The lowest BCUT2D eigenvalue weighted by atomic mass is 10.8. The van der Waals surface area contributed by atoms with E-state index in [4.69, 9.17) is 15.6 Å². The Morgan fingerprint density at radius 2 is 2.44 bits per heavy atom. The molecule has 0 aromatic rings. The molecule has 2 unspecified atom stereocenters. The van der Waals surface area contributed by atoms with E-state index in [0.29, 0.717) is 6.61 Å². The van der Waals surface area contributed by atoms with Crippen molar-refractivity contribution >= 4 is 28.1 Å². The van der Waals surface area contributed by atoms with E-state index in [1.54, 1.807) is 0 Å². The topological polar surface area (TPSA) is 55.5 Å². The molecule has 3 nitrogen and oxygen atoms in total. The molecule has 0 aliphatic heterocycles. The fourth-order valence-electron chi connectivity index (χ4n) is 0.351. The zero-order chi connectivity index (χ0) is 7.28. The molecule has 3 N–H and O–H groups in total. The number of aliphatic hydroxyl groups excluding tert-OH is 1. The molecule has 0 amide bonds. The monoisotopic (exact) mass is 261 g/mol. The average molecular weight is 261 g/mol. The van der Waals surface area contributed by atoms with Gasteiger partial charge in [0.2, 0.25) is 6.41 Å². The van der Waals surface area contributed by atoms with Crippen molar-refractivity contribution < 1.29 is 9.84 Å². The molecule has 0 fully saturated rings. The molecule has 0 aromatic carbocycles. The Balaban J connectivity index is 2.91. The summed E-state index contributed by atoms with van der Waals surface area (Å²) in [5.74, 6) is 0. The van der Waals surface area contributed by atoms with Crippen LogP contribution >= 0.6 is 21.8 Å². The van der Waals surface area contributed by atoms with E-state index in [2.05, 4.69) is 28.3 Å². The van der Waals surface area contributed by atoms with Gasteiger partial charge >= 0.3 is 0 Å². The van der Waals surface area contributed by atoms with E-state index in [0.717, 1.165) is 6.04 Å². The Morgan fingerprint density at radius 1 is 1.89 bits per heavy atom. The molecule has 2 atom stereocenters. The number of hydrogen-bond donors (Lipinski definition) is 2. The quantitative estimate of drug-likeness (QED) is 0.325. The number of halogens is 1. The zero-order valence-corrected chi connectivity index (χ0v) is 8.69. The van der Waals surface area contributed by atoms with Crippen LogP contribution in [0.3, 0.4) is 0 Å². The molecule has 0 heterocycles. The number of ether oxygens (including phenoxy) is 1. The summed E-state index contributed by atoms with van der Waals surface area (Å²) in [5.41, 5.74) is 4.92. The molecule has 0 radical (unpaired) electrons. The van der Waals surface area contributed by atoms with Crippen LogP contribution in [0.2, 0.25) is 12.6 Å². The zero-order valence-electron chi connectivity index (χ0n) is 5.38. The fraction of sp³-hybridized carbons (Fsp3) is 1.00. The number of hydrogen-bond acceptors (Lipinski definition) is 3. The highest BCUT2D eigenvalue weighted by Crippen LogP contribution is 2.00. The highest BCUT2D eigenvalue weighted by atomic mass is 127. The molecular formula is C4H12INO2Si. The van der Waals surface area contributed by atoms with E-state index < -0.39 is 12.7 Å². The van der Waals surface area contributed by atoms with Gasteiger partial charge in [0.05, 0.1) is 0 Å². The summed E-state index contributed by atoms with van der Waals surface area (Å²) in [6.07, 6.45) is -1.64. The second-order valence-electron chi connectivity index (χ2n) is 1.83. The van der Waals surface area contributed by atoms with Gasteiger partial charge < -0.3 is 9.84 Å². The highest BCUT2D eigenvalue weighted by molar-refractivity contribution is 14.1. The highest BCUT2D eigenvalue weighted by Gasteiger charge is 1.99. The van der Waals surface area contributed by atoms with Gasteiger partial charge in [-0.3, -0.25) is 5.73 Å². The van der Waals surface area contributed by atoms with Gasteiger partial charge in [-0.15, -0.1) is 21.8 Å². The minimum absolute atomic E-state index is 0.551. The van der Waals surface area contributed by atoms with Gasteiger partial charge in [0.15, 0.2) is 0 Å². The summed E-state index contributed by atoms with van der Waals surface area (Å²) in [6.45, 7) is 2.81. The molecule has 0 rings (SSSR count). The van der Waals surface area contributed by atoms with Crippen LogP contribution in [-0.4, -0.2) is 24.4 Å². The molecule has 0 spiro atoms. The first-order valence-corrected chi connectivity index (χ1v) is 8.96. The maximum atomic E-state index is 8.43. The average Bonchev–Trinajstić information content (AvgIpc) is 1.63. The standard InChI is InChI=1S/C4H12INO2Si/c1-9(5)3-2-8-4(6)7/h4,7,9H,2-3,6H2,1H3. The van der Waals surface area contributed by atoms with E-state index in [9.17, 15) is 0 Å². The van der Waals surface area contributed by atoms with Crippen LogP contribution < -0.4 is 5.73 Å². The van der Waals surface area contributed by atoms with Gasteiger partial charge in [0, 0.05) is 6.61 Å². The molecule has 0 aliphatic rings. The molecule has 0 bridgehead atoms. The van der Waals surface area contributed by atoms with Crippen LogP contribution in [0.1, 0.15) is 0 Å². The lowest BCUT2D eigenvalue weighted by Gasteiger charge is -2.05. The molecule has 9 heavy (non-hydrogen) atoms. The predicted molar refractivity (Wildman–Crippen MR) is 48.0 cm³/mol. The first kappa shape index (κ1) is 9.83. The summed E-state index contributed by atoms with van der Waals surface area (Å²) in [6, 6.07) is 1.06. The molecular weight excluding hydrogens is 249 g/mol. The largest absolute Gasteiger partial charge is 0.356 e. The summed E-state index contributed by atoms with van der Waals surface area (Å²) in [7, 11) is 0. The van der Waals surface area contributed by atoms with E-state index in [-0.39, 0.29) is 0 Å². The summed E-state index contributed by atoms with van der Waals surface area (Å²) >= 11 is 2.43. The maximum Gasteiger partial charge on any atom is 0.210 e. The molecule has 5 heteroatoms. The van der Waals surface area contributed by atoms with Crippen molar-refractivity contribution in [2.24, 2.45) is 5.73 Å². The summed E-state index contributed by atoms with van der Waals surface area (Å²) in [5, 5.41) is 8.43. The van der Waals surface area contributed by atoms with Crippen molar-refractivity contribution in [2.45, 2.75) is 19.0 Å². The Bertz CT molecular complexity index is 63.6. The Morgan fingerprint density at radius 3 is 2.78 bits per heavy atom. The molecule has 0 saturated heterocycles. The van der Waals surface area contributed by atoms with Gasteiger partial charge in [-0.2, -0.15) is 0 Å². The van der Waals surface area contributed by atoms with Crippen molar-refractivity contribution in [3.05, 3.63) is 0 Å². The summed E-state index contributed by atoms with van der Waals surface area (Å²) < 4.78 is 4.72. The predicted octanol–water partition coefficient (Wildman–Crippen LogP) is 0.0262. The fourth-order valence-corrected chi connectivity index (χ4v) is 1.57. The van der Waals surface area contributed by atoms with Gasteiger partial charge in [0.1, 0.15) is 6.29 Å². The van der Waals surface area contributed by atoms with E-state index in [1.807, 2.05) is 0 Å². The second-order valence-corrected chi connectivity index (χ2v) is 10.3. The number of rotatable bonds is 4. The van der Waals surface area contributed by atoms with Crippen molar-refractivity contribution in [1.82, 2.24) is 0 Å². The van der Waals surface area contributed by atoms with Gasteiger partial charge in [-0.05, 0) is 6.04 Å². The maximum absolute atomic E-state index is 8.43. The third-order valence-electron chi connectivity index (χ3n) is 0.804. The second kappa shape index (κ2) is 5.60. The van der Waals surface area contributed by atoms with Crippen LogP contribution in [0.25, 0.3) is 0 Å². The van der Waals surface area contributed by atoms with E-state index in [1.165, 1.54) is 0 Å². The molecule has 0 aliphatic carbocycles. The Labute approximate surface area is 69.4 Å². The van der Waals surface area contributed by atoms with Crippen LogP contribution in [0.5, 0.6) is 0 Å². The van der Waals surface area contributed by atoms with Crippen molar-refractivity contribution in [2.75, 3.05) is 6.61 Å². The number of aliphatic hydroxyl groups is 1. The van der Waals surface area contributed by atoms with Gasteiger partial charge in [0.25, 0.3) is 0 Å². The van der Waals surface area contributed by atoms with Crippen molar-refractivity contribution in [3.8, 4) is 0 Å². The van der Waals surface area contributed by atoms with Crippen LogP contribution in [0.15, 0.2) is 0 Å². The van der Waals surface area contributed by atoms with Crippen LogP contribution in [0, 0.1) is 0 Å².